The molecule has 0 aliphatic heterocycles. The Kier molecular flexibility index (Phi) is 5.75. The van der Waals surface area contributed by atoms with Gasteiger partial charge in [-0.1, -0.05) is 6.07 Å². The Balaban J connectivity index is 2.79. The van der Waals surface area contributed by atoms with E-state index >= 15 is 0 Å². The minimum Gasteiger partial charge on any atom is -0.478 e. The zero-order valence-electron chi connectivity index (χ0n) is 11.0. The molecule has 19 heavy (non-hydrogen) atoms. The Morgan fingerprint density at radius 3 is 2.74 bits per heavy atom. The van der Waals surface area contributed by atoms with Crippen molar-refractivity contribution in [1.82, 2.24) is 0 Å². The van der Waals surface area contributed by atoms with Gasteiger partial charge in [0.05, 0.1) is 13.0 Å². The third kappa shape index (κ3) is 5.83. The molecule has 0 unspecified atom stereocenters. The summed E-state index contributed by atoms with van der Waals surface area (Å²) in [5.41, 5.74) is 2.31. The molecule has 0 spiro atoms. The fourth-order valence-corrected chi connectivity index (χ4v) is 1.57. The Labute approximate surface area is 111 Å². The second kappa shape index (κ2) is 7.33. The maximum Gasteiger partial charge on any atom is 0.328 e. The number of nitrogens with one attached hydrogen (secondary N) is 1. The monoisotopic (exact) mass is 263 g/mol. The molecule has 1 aromatic carbocycles. The molecule has 0 radical (unpaired) electrons. The van der Waals surface area contributed by atoms with E-state index in [1.165, 1.54) is 13.2 Å². The number of amides is 1. The first-order chi connectivity index (χ1) is 9.01. The van der Waals surface area contributed by atoms with E-state index in [1.807, 2.05) is 19.1 Å². The first-order valence-electron chi connectivity index (χ1n) is 5.83. The molecular weight excluding hydrogens is 246 g/mol. The van der Waals surface area contributed by atoms with Gasteiger partial charge < -0.3 is 15.2 Å². The van der Waals surface area contributed by atoms with Crippen LogP contribution in [0.5, 0.6) is 0 Å². The van der Waals surface area contributed by atoms with Crippen molar-refractivity contribution >= 4 is 23.6 Å². The van der Waals surface area contributed by atoms with Crippen LogP contribution in [0, 0.1) is 6.92 Å². The summed E-state index contributed by atoms with van der Waals surface area (Å²) in [5.74, 6) is -1.15. The highest BCUT2D eigenvalue weighted by molar-refractivity contribution is 5.91. The van der Waals surface area contributed by atoms with Gasteiger partial charge in [0, 0.05) is 18.9 Å². The van der Waals surface area contributed by atoms with Crippen molar-refractivity contribution in [3.63, 3.8) is 0 Å². The van der Waals surface area contributed by atoms with Gasteiger partial charge in [0.2, 0.25) is 5.91 Å². The van der Waals surface area contributed by atoms with Crippen molar-refractivity contribution in [3.05, 3.63) is 35.4 Å². The van der Waals surface area contributed by atoms with Gasteiger partial charge in [0.25, 0.3) is 0 Å². The quantitative estimate of drug-likeness (QED) is 0.770. The Morgan fingerprint density at radius 1 is 1.37 bits per heavy atom. The Morgan fingerprint density at radius 2 is 2.11 bits per heavy atom. The van der Waals surface area contributed by atoms with Crippen LogP contribution in [0.3, 0.4) is 0 Å². The first-order valence-corrected chi connectivity index (χ1v) is 5.83. The predicted octanol–water partition coefficient (Wildman–Crippen LogP) is 2.07. The van der Waals surface area contributed by atoms with Crippen LogP contribution < -0.4 is 5.32 Å². The van der Waals surface area contributed by atoms with Gasteiger partial charge in [-0.15, -0.1) is 0 Å². The molecule has 5 nitrogen and oxygen atoms in total. The number of carboxylic acids is 1. The van der Waals surface area contributed by atoms with Crippen LogP contribution >= 0.6 is 0 Å². The average Bonchev–Trinajstić information content (AvgIpc) is 2.33. The second-order valence-electron chi connectivity index (χ2n) is 4.09. The number of methoxy groups -OCH3 is 1. The van der Waals surface area contributed by atoms with Gasteiger partial charge in [-0.3, -0.25) is 4.79 Å². The molecule has 5 heteroatoms. The van der Waals surface area contributed by atoms with E-state index in [0.717, 1.165) is 17.2 Å². The number of aliphatic carboxylic acids is 1. The molecule has 0 bridgehead atoms. The van der Waals surface area contributed by atoms with Gasteiger partial charge in [-0.2, -0.15) is 0 Å². The molecule has 2 N–H and O–H groups in total. The van der Waals surface area contributed by atoms with E-state index in [0.29, 0.717) is 12.3 Å². The number of benzene rings is 1. The summed E-state index contributed by atoms with van der Waals surface area (Å²) in [6.07, 6.45) is 2.83. The van der Waals surface area contributed by atoms with Gasteiger partial charge in [-0.25, -0.2) is 4.79 Å². The fourth-order valence-electron chi connectivity index (χ4n) is 1.57. The number of anilines is 1. The maximum atomic E-state index is 11.6. The molecular formula is C14H17NO4. The Bertz CT molecular complexity index is 494. The normalized spacial score (nSPS) is 10.6. The van der Waals surface area contributed by atoms with E-state index in [4.69, 9.17) is 9.84 Å². The lowest BCUT2D eigenvalue weighted by atomic mass is 10.1. The van der Waals surface area contributed by atoms with Crippen molar-refractivity contribution in [3.8, 4) is 0 Å². The number of ether oxygens (including phenoxy) is 1. The molecule has 102 valence electrons. The molecule has 0 aromatic heterocycles. The van der Waals surface area contributed by atoms with Crippen LogP contribution in [0.25, 0.3) is 6.08 Å². The molecule has 0 atom stereocenters. The minimum atomic E-state index is -1.01. The van der Waals surface area contributed by atoms with E-state index < -0.39 is 5.97 Å². The van der Waals surface area contributed by atoms with Crippen LogP contribution in [0.15, 0.2) is 24.3 Å². The molecule has 0 saturated carbocycles. The number of carbonyl (C=O) groups is 2. The average molecular weight is 263 g/mol. The number of hydrogen-bond acceptors (Lipinski definition) is 3. The summed E-state index contributed by atoms with van der Waals surface area (Å²) in [5, 5.41) is 11.3. The Hall–Kier alpha value is -2.14. The summed E-state index contributed by atoms with van der Waals surface area (Å²) < 4.78 is 4.83. The molecule has 1 aromatic rings. The highest BCUT2D eigenvalue weighted by atomic mass is 16.5. The number of carboxylic acid groups (broad SMARTS) is 1. The van der Waals surface area contributed by atoms with Crippen molar-refractivity contribution in [2.24, 2.45) is 0 Å². The van der Waals surface area contributed by atoms with E-state index in [2.05, 4.69) is 5.32 Å². The van der Waals surface area contributed by atoms with Crippen LogP contribution in [-0.4, -0.2) is 30.7 Å². The molecule has 0 aliphatic carbocycles. The number of aryl methyl sites for hydroxylation is 1. The van der Waals surface area contributed by atoms with Crippen molar-refractivity contribution in [2.45, 2.75) is 13.3 Å². The summed E-state index contributed by atoms with van der Waals surface area (Å²) in [6.45, 7) is 2.24. The zero-order valence-corrected chi connectivity index (χ0v) is 11.0. The smallest absolute Gasteiger partial charge is 0.328 e. The van der Waals surface area contributed by atoms with Gasteiger partial charge in [0.1, 0.15) is 0 Å². The summed E-state index contributed by atoms with van der Waals surface area (Å²) >= 11 is 0. The van der Waals surface area contributed by atoms with E-state index in [1.54, 1.807) is 6.07 Å². The number of carbonyl (C=O) groups excluding carboxylic acids is 1. The summed E-state index contributed by atoms with van der Waals surface area (Å²) in [7, 11) is 1.54. The van der Waals surface area contributed by atoms with Gasteiger partial charge in [0.15, 0.2) is 0 Å². The standard InChI is InChI=1S/C14H17NO4/c1-10-7-11(3-4-14(17)18)9-12(8-10)15-13(16)5-6-19-2/h3-4,7-9H,5-6H2,1-2H3,(H,15,16)(H,17,18)/b4-3+. The topological polar surface area (TPSA) is 75.6 Å². The number of hydrogen-bond donors (Lipinski definition) is 2. The van der Waals surface area contributed by atoms with Crippen molar-refractivity contribution in [2.75, 3.05) is 19.0 Å². The fraction of sp³-hybridized carbons (Fsp3) is 0.286. The largest absolute Gasteiger partial charge is 0.478 e. The highest BCUT2D eigenvalue weighted by Gasteiger charge is 2.03. The highest BCUT2D eigenvalue weighted by Crippen LogP contribution is 2.16. The molecule has 0 heterocycles. The lowest BCUT2D eigenvalue weighted by molar-refractivity contribution is -0.131. The molecule has 1 amide bonds. The van der Waals surface area contributed by atoms with Crippen LogP contribution in [0.2, 0.25) is 0 Å². The summed E-state index contributed by atoms with van der Waals surface area (Å²) in [6, 6.07) is 5.38. The van der Waals surface area contributed by atoms with Gasteiger partial charge in [-0.05, 0) is 36.3 Å². The number of rotatable bonds is 6. The lowest BCUT2D eigenvalue weighted by Gasteiger charge is -2.07. The molecule has 1 rings (SSSR count). The van der Waals surface area contributed by atoms with Crippen molar-refractivity contribution in [1.29, 1.82) is 0 Å². The molecule has 0 fully saturated rings. The third-order valence-electron chi connectivity index (χ3n) is 2.34. The maximum absolute atomic E-state index is 11.6. The zero-order chi connectivity index (χ0) is 14.3. The van der Waals surface area contributed by atoms with Crippen LogP contribution in [0.4, 0.5) is 5.69 Å². The van der Waals surface area contributed by atoms with E-state index in [9.17, 15) is 9.59 Å². The summed E-state index contributed by atoms with van der Waals surface area (Å²) in [4.78, 5) is 22.0. The predicted molar refractivity (Wildman–Crippen MR) is 73.0 cm³/mol. The SMILES string of the molecule is COCCC(=O)Nc1cc(C)cc(/C=C/C(=O)O)c1. The van der Waals surface area contributed by atoms with E-state index in [-0.39, 0.29) is 12.3 Å². The lowest BCUT2D eigenvalue weighted by Crippen LogP contribution is -2.13. The van der Waals surface area contributed by atoms with Gasteiger partial charge >= 0.3 is 5.97 Å². The third-order valence-corrected chi connectivity index (χ3v) is 2.34. The second-order valence-corrected chi connectivity index (χ2v) is 4.09. The minimum absolute atomic E-state index is 0.138. The molecule has 0 saturated heterocycles. The van der Waals surface area contributed by atoms with Crippen molar-refractivity contribution < 1.29 is 19.4 Å². The first kappa shape index (κ1) is 14.9. The molecule has 0 aliphatic rings. The van der Waals surface area contributed by atoms with Crippen LogP contribution in [-0.2, 0) is 14.3 Å². The van der Waals surface area contributed by atoms with Crippen LogP contribution in [0.1, 0.15) is 17.5 Å².